The maximum absolute atomic E-state index is 11.0. The van der Waals surface area contributed by atoms with Gasteiger partial charge in [0.1, 0.15) is 0 Å². The Balaban J connectivity index is 1.37. The first kappa shape index (κ1) is 20.1. The summed E-state index contributed by atoms with van der Waals surface area (Å²) < 4.78 is 6.36. The summed E-state index contributed by atoms with van der Waals surface area (Å²) >= 11 is 0. The van der Waals surface area contributed by atoms with Crippen LogP contribution in [0.25, 0.3) is 0 Å². The first-order valence-electron chi connectivity index (χ1n) is 12.1. The van der Waals surface area contributed by atoms with Crippen LogP contribution < -0.4 is 0 Å². The second-order valence-electron chi connectivity index (χ2n) is 11.9. The lowest BCUT2D eigenvalue weighted by atomic mass is 9.39. The largest absolute Gasteiger partial charge is 0.390 e. The summed E-state index contributed by atoms with van der Waals surface area (Å²) in [5, 5.41) is 11.0. The Labute approximate surface area is 177 Å². The highest BCUT2D eigenvalue weighted by Gasteiger charge is 2.68. The van der Waals surface area contributed by atoms with E-state index in [0.717, 1.165) is 31.5 Å². The van der Waals surface area contributed by atoms with Crippen LogP contribution in [0, 0.1) is 34.0 Å². The third-order valence-electron chi connectivity index (χ3n) is 10.5. The molecule has 0 heterocycles. The molecule has 4 aliphatic rings. The molecule has 2 heteroatoms. The van der Waals surface area contributed by atoms with E-state index in [1.165, 1.54) is 56.9 Å². The predicted octanol–water partition coefficient (Wildman–Crippen LogP) is 6.37. The molecule has 29 heavy (non-hydrogen) atoms. The molecule has 0 aromatic heterocycles. The lowest BCUT2D eigenvalue weighted by Crippen LogP contribution is -2.59. The number of benzene rings is 1. The normalized spacial score (nSPS) is 48.8. The van der Waals surface area contributed by atoms with E-state index in [0.29, 0.717) is 22.2 Å². The standard InChI is InChI=1S/C27H40O2/c1-24(19-29-18-20-8-5-4-6-9-20)12-7-13-25(2)23(24)11-10-21-16-22-17-27(21,25)15-14-26(22,3)28/h4-6,8-9,21-23,28H,7,10-19H2,1-3H3/t21-,22+,23-,24-,25-,26+,27-/m0/s1. The zero-order chi connectivity index (χ0) is 20.3. The van der Waals surface area contributed by atoms with Gasteiger partial charge in [-0.1, -0.05) is 50.6 Å². The van der Waals surface area contributed by atoms with Crippen molar-refractivity contribution < 1.29 is 9.84 Å². The first-order chi connectivity index (χ1) is 13.8. The predicted molar refractivity (Wildman–Crippen MR) is 117 cm³/mol. The van der Waals surface area contributed by atoms with Gasteiger partial charge in [0.05, 0.1) is 18.8 Å². The minimum Gasteiger partial charge on any atom is -0.390 e. The van der Waals surface area contributed by atoms with Crippen molar-refractivity contribution in [3.05, 3.63) is 35.9 Å². The van der Waals surface area contributed by atoms with E-state index in [9.17, 15) is 5.11 Å². The smallest absolute Gasteiger partial charge is 0.0717 e. The number of ether oxygens (including phenoxy) is 1. The molecule has 1 aromatic carbocycles. The fraction of sp³-hybridized carbons (Fsp3) is 0.778. The summed E-state index contributed by atoms with van der Waals surface area (Å²) in [6.07, 6.45) is 11.6. The molecule has 0 amide bonds. The van der Waals surface area contributed by atoms with Crippen molar-refractivity contribution in [1.82, 2.24) is 0 Å². The Morgan fingerprint density at radius 1 is 0.966 bits per heavy atom. The number of rotatable bonds is 4. The van der Waals surface area contributed by atoms with Gasteiger partial charge in [-0.2, -0.15) is 0 Å². The molecular formula is C27H40O2. The lowest BCUT2D eigenvalue weighted by Gasteiger charge is -2.65. The highest BCUT2D eigenvalue weighted by Crippen LogP contribution is 2.75. The Morgan fingerprint density at radius 2 is 1.76 bits per heavy atom. The number of hydrogen-bond acceptors (Lipinski definition) is 2. The van der Waals surface area contributed by atoms with Crippen LogP contribution in [0.1, 0.15) is 84.1 Å². The van der Waals surface area contributed by atoms with Gasteiger partial charge in [-0.05, 0) is 97.9 Å². The van der Waals surface area contributed by atoms with E-state index < -0.39 is 5.60 Å². The average molecular weight is 397 g/mol. The molecule has 7 atom stereocenters. The van der Waals surface area contributed by atoms with Crippen molar-refractivity contribution in [1.29, 1.82) is 0 Å². The van der Waals surface area contributed by atoms with E-state index in [-0.39, 0.29) is 0 Å². The van der Waals surface area contributed by atoms with Crippen LogP contribution in [-0.2, 0) is 11.3 Å². The lowest BCUT2D eigenvalue weighted by molar-refractivity contribution is -0.187. The van der Waals surface area contributed by atoms with E-state index in [2.05, 4.69) is 51.1 Å². The van der Waals surface area contributed by atoms with Gasteiger partial charge in [-0.15, -0.1) is 0 Å². The van der Waals surface area contributed by atoms with Crippen LogP contribution in [0.3, 0.4) is 0 Å². The molecule has 160 valence electrons. The highest BCUT2D eigenvalue weighted by molar-refractivity contribution is 5.18. The molecule has 2 bridgehead atoms. The van der Waals surface area contributed by atoms with Crippen molar-refractivity contribution in [3.8, 4) is 0 Å². The Morgan fingerprint density at radius 3 is 2.55 bits per heavy atom. The fourth-order valence-electron chi connectivity index (χ4n) is 8.85. The number of fused-ring (bicyclic) bond motifs is 2. The molecule has 0 radical (unpaired) electrons. The van der Waals surface area contributed by atoms with Gasteiger partial charge >= 0.3 is 0 Å². The third kappa shape index (κ3) is 2.96. The zero-order valence-corrected chi connectivity index (χ0v) is 18.8. The van der Waals surface area contributed by atoms with Crippen LogP contribution in [0.5, 0.6) is 0 Å². The number of aliphatic hydroxyl groups is 1. The van der Waals surface area contributed by atoms with E-state index in [1.54, 1.807) is 0 Å². The molecule has 1 aromatic rings. The van der Waals surface area contributed by atoms with Crippen LogP contribution >= 0.6 is 0 Å². The van der Waals surface area contributed by atoms with Crippen molar-refractivity contribution >= 4 is 0 Å². The summed E-state index contributed by atoms with van der Waals surface area (Å²) in [4.78, 5) is 0. The first-order valence-corrected chi connectivity index (χ1v) is 12.1. The molecule has 4 fully saturated rings. The third-order valence-corrected chi connectivity index (χ3v) is 10.5. The van der Waals surface area contributed by atoms with Gasteiger partial charge in [0.15, 0.2) is 0 Å². The SMILES string of the molecule is C[C@@]1(COCc2ccccc2)CCC[C@@]2(C)[C@H]1CC[C@H]1C[C@@H]3C[C@@]12CC[C@@]3(C)O. The Bertz CT molecular complexity index is 742. The molecule has 0 saturated heterocycles. The molecule has 2 nitrogen and oxygen atoms in total. The average Bonchev–Trinajstić information content (AvgIpc) is 3.04. The maximum Gasteiger partial charge on any atom is 0.0717 e. The monoisotopic (exact) mass is 396 g/mol. The van der Waals surface area contributed by atoms with E-state index in [4.69, 9.17) is 4.74 Å². The van der Waals surface area contributed by atoms with Crippen LogP contribution in [0.4, 0.5) is 0 Å². The topological polar surface area (TPSA) is 29.5 Å². The van der Waals surface area contributed by atoms with Crippen LogP contribution in [0.2, 0.25) is 0 Å². The highest BCUT2D eigenvalue weighted by atomic mass is 16.5. The van der Waals surface area contributed by atoms with Crippen molar-refractivity contribution in [2.24, 2.45) is 34.0 Å². The van der Waals surface area contributed by atoms with Crippen molar-refractivity contribution in [2.45, 2.75) is 90.8 Å². The van der Waals surface area contributed by atoms with Crippen LogP contribution in [0.15, 0.2) is 30.3 Å². The number of hydrogen-bond donors (Lipinski definition) is 1. The zero-order valence-electron chi connectivity index (χ0n) is 18.8. The molecule has 1 N–H and O–H groups in total. The molecule has 0 aliphatic heterocycles. The quantitative estimate of drug-likeness (QED) is 0.641. The molecule has 0 unspecified atom stereocenters. The second-order valence-corrected chi connectivity index (χ2v) is 11.9. The van der Waals surface area contributed by atoms with Gasteiger partial charge in [0.2, 0.25) is 0 Å². The molecule has 4 aliphatic carbocycles. The summed E-state index contributed by atoms with van der Waals surface area (Å²) in [6.45, 7) is 8.93. The minimum atomic E-state index is -0.425. The maximum atomic E-state index is 11.0. The molecule has 1 spiro atoms. The van der Waals surface area contributed by atoms with E-state index >= 15 is 0 Å². The van der Waals surface area contributed by atoms with Crippen molar-refractivity contribution in [2.75, 3.05) is 6.61 Å². The molecule has 5 rings (SSSR count). The summed E-state index contributed by atoms with van der Waals surface area (Å²) in [5.41, 5.74) is 2.05. The second kappa shape index (κ2) is 6.82. The molecular weight excluding hydrogens is 356 g/mol. The van der Waals surface area contributed by atoms with Gasteiger partial charge < -0.3 is 9.84 Å². The fourth-order valence-corrected chi connectivity index (χ4v) is 8.85. The van der Waals surface area contributed by atoms with Gasteiger partial charge in [0.25, 0.3) is 0 Å². The van der Waals surface area contributed by atoms with E-state index in [1.807, 2.05) is 0 Å². The van der Waals surface area contributed by atoms with Crippen LogP contribution in [-0.4, -0.2) is 17.3 Å². The Hall–Kier alpha value is -0.860. The summed E-state index contributed by atoms with van der Waals surface area (Å²) in [5.74, 6) is 2.13. The summed E-state index contributed by atoms with van der Waals surface area (Å²) in [6, 6.07) is 10.6. The van der Waals surface area contributed by atoms with Gasteiger partial charge in [-0.3, -0.25) is 0 Å². The molecule has 4 saturated carbocycles. The van der Waals surface area contributed by atoms with Crippen molar-refractivity contribution in [3.63, 3.8) is 0 Å². The van der Waals surface area contributed by atoms with Gasteiger partial charge in [-0.25, -0.2) is 0 Å². The summed E-state index contributed by atoms with van der Waals surface area (Å²) in [7, 11) is 0. The van der Waals surface area contributed by atoms with Gasteiger partial charge in [0, 0.05) is 0 Å². The Kier molecular flexibility index (Phi) is 4.72. The minimum absolute atomic E-state index is 0.291.